The van der Waals surface area contributed by atoms with Crippen molar-refractivity contribution in [3.05, 3.63) is 85.7 Å². The maximum Gasteiger partial charge on any atom is 0.336 e. The van der Waals surface area contributed by atoms with Gasteiger partial charge in [0, 0.05) is 34.3 Å². The van der Waals surface area contributed by atoms with E-state index in [0.29, 0.717) is 29.2 Å². The third kappa shape index (κ3) is 4.81. The molecule has 0 radical (unpaired) electrons. The zero-order valence-electron chi connectivity index (χ0n) is 22.1. The number of methoxy groups -OCH3 is 1. The SMILES string of the molecule is COC(=O)C1=C(C)NC2=C(C(=O)CC(C)(C)C2)[C@H]1c1c(C)cc(C)c(COc2ccc(Cl)cc2)c1C. The van der Waals surface area contributed by atoms with Gasteiger partial charge in [0.1, 0.15) is 12.4 Å². The normalized spacial score (nSPS) is 19.1. The standard InChI is InChI=1S/C30H34ClNO4/c1-16-12-17(2)25(18(3)22(16)15-36-21-10-8-20(31)9-11-21)28-26(29(34)35-7)19(4)32-23-13-30(5,6)14-24(33)27(23)28/h8-12,28,32H,13-15H2,1-7H3/t28-/m0/s1. The molecule has 1 aliphatic carbocycles. The Morgan fingerprint density at radius 1 is 1.08 bits per heavy atom. The Hall–Kier alpha value is -3.05. The van der Waals surface area contributed by atoms with Gasteiger partial charge in [0.15, 0.2) is 5.78 Å². The summed E-state index contributed by atoms with van der Waals surface area (Å²) in [6, 6.07) is 9.40. The Morgan fingerprint density at radius 3 is 2.39 bits per heavy atom. The van der Waals surface area contributed by atoms with E-state index in [1.807, 2.05) is 26.0 Å². The number of dihydropyridines is 1. The fraction of sp³-hybridized carbons (Fsp3) is 0.400. The molecular formula is C30H34ClNO4. The van der Waals surface area contributed by atoms with Crippen LogP contribution in [0.5, 0.6) is 5.75 Å². The van der Waals surface area contributed by atoms with E-state index in [-0.39, 0.29) is 11.2 Å². The molecule has 0 aromatic heterocycles. The zero-order valence-corrected chi connectivity index (χ0v) is 22.9. The first-order chi connectivity index (χ1) is 16.9. The Labute approximate surface area is 218 Å². The number of ketones is 1. The maximum atomic E-state index is 13.6. The molecule has 2 aliphatic rings. The number of hydrogen-bond acceptors (Lipinski definition) is 5. The van der Waals surface area contributed by atoms with E-state index in [0.717, 1.165) is 51.4 Å². The minimum absolute atomic E-state index is 0.0750. The molecule has 4 rings (SSSR count). The molecule has 0 amide bonds. The van der Waals surface area contributed by atoms with Crippen molar-refractivity contribution in [2.24, 2.45) is 5.41 Å². The van der Waals surface area contributed by atoms with Crippen LogP contribution in [0, 0.1) is 26.2 Å². The number of ether oxygens (including phenoxy) is 2. The summed E-state index contributed by atoms with van der Waals surface area (Å²) in [4.78, 5) is 26.7. The predicted molar refractivity (Wildman–Crippen MR) is 142 cm³/mol. The van der Waals surface area contributed by atoms with E-state index in [1.54, 1.807) is 12.1 Å². The van der Waals surface area contributed by atoms with Gasteiger partial charge in [0.05, 0.1) is 12.7 Å². The first-order valence-corrected chi connectivity index (χ1v) is 12.6. The largest absolute Gasteiger partial charge is 0.489 e. The molecule has 36 heavy (non-hydrogen) atoms. The molecular weight excluding hydrogens is 474 g/mol. The monoisotopic (exact) mass is 507 g/mol. The molecule has 1 atom stereocenters. The lowest BCUT2D eigenvalue weighted by Gasteiger charge is -2.40. The summed E-state index contributed by atoms with van der Waals surface area (Å²) in [6.45, 7) is 12.6. The van der Waals surface area contributed by atoms with Gasteiger partial charge >= 0.3 is 5.97 Å². The lowest BCUT2D eigenvalue weighted by atomic mass is 9.67. The van der Waals surface area contributed by atoms with E-state index in [2.05, 4.69) is 39.1 Å². The summed E-state index contributed by atoms with van der Waals surface area (Å²) in [5.41, 5.74) is 7.82. The average molecular weight is 508 g/mol. The van der Waals surface area contributed by atoms with Gasteiger partial charge in [-0.2, -0.15) is 0 Å². The van der Waals surface area contributed by atoms with Crippen molar-refractivity contribution >= 4 is 23.4 Å². The number of aryl methyl sites for hydroxylation is 2. The van der Waals surface area contributed by atoms with Crippen LogP contribution in [0.4, 0.5) is 0 Å². The van der Waals surface area contributed by atoms with Crippen LogP contribution in [-0.2, 0) is 20.9 Å². The minimum atomic E-state index is -0.493. The van der Waals surface area contributed by atoms with Crippen LogP contribution in [0.2, 0.25) is 5.02 Å². The van der Waals surface area contributed by atoms with Gasteiger partial charge in [-0.05, 0) is 91.6 Å². The Bertz CT molecular complexity index is 1300. The molecule has 6 heteroatoms. The molecule has 190 valence electrons. The van der Waals surface area contributed by atoms with E-state index < -0.39 is 11.9 Å². The molecule has 2 aromatic rings. The number of hydrogen-bond donors (Lipinski definition) is 1. The van der Waals surface area contributed by atoms with E-state index in [1.165, 1.54) is 7.11 Å². The summed E-state index contributed by atoms with van der Waals surface area (Å²) >= 11 is 6.02. The fourth-order valence-electron chi connectivity index (χ4n) is 5.70. The van der Waals surface area contributed by atoms with Crippen molar-refractivity contribution < 1.29 is 19.1 Å². The van der Waals surface area contributed by atoms with Gasteiger partial charge in [0.25, 0.3) is 0 Å². The number of Topliss-reactive ketones (excluding diaryl/α,β-unsaturated/α-hetero) is 1. The van der Waals surface area contributed by atoms with Gasteiger partial charge < -0.3 is 14.8 Å². The summed E-state index contributed by atoms with van der Waals surface area (Å²) in [5.74, 6) is -0.117. The Kier molecular flexibility index (Phi) is 7.07. The van der Waals surface area contributed by atoms with Gasteiger partial charge in [-0.25, -0.2) is 4.79 Å². The lowest BCUT2D eigenvalue weighted by molar-refractivity contribution is -0.136. The van der Waals surface area contributed by atoms with Crippen molar-refractivity contribution in [1.29, 1.82) is 0 Å². The zero-order chi connectivity index (χ0) is 26.4. The average Bonchev–Trinajstić information content (AvgIpc) is 2.78. The van der Waals surface area contributed by atoms with Crippen molar-refractivity contribution in [2.75, 3.05) is 7.11 Å². The number of esters is 1. The fourth-order valence-corrected chi connectivity index (χ4v) is 5.83. The van der Waals surface area contributed by atoms with Crippen LogP contribution in [0.3, 0.4) is 0 Å². The number of halogens is 1. The summed E-state index contributed by atoms with van der Waals surface area (Å²) < 4.78 is 11.3. The first-order valence-electron chi connectivity index (χ1n) is 12.2. The second kappa shape index (κ2) is 9.78. The number of benzene rings is 2. The molecule has 2 aromatic carbocycles. The molecule has 1 heterocycles. The van der Waals surface area contributed by atoms with E-state index in [4.69, 9.17) is 21.1 Å². The van der Waals surface area contributed by atoms with Crippen molar-refractivity contribution in [2.45, 2.75) is 66.9 Å². The summed E-state index contributed by atoms with van der Waals surface area (Å²) in [6.07, 6.45) is 1.18. The number of nitrogens with one attached hydrogen (secondary N) is 1. The lowest BCUT2D eigenvalue weighted by Crippen LogP contribution is -2.39. The number of allylic oxidation sites excluding steroid dienone is 3. The molecule has 5 nitrogen and oxygen atoms in total. The van der Waals surface area contributed by atoms with E-state index in [9.17, 15) is 9.59 Å². The Balaban J connectivity index is 1.86. The molecule has 1 aliphatic heterocycles. The summed E-state index contributed by atoms with van der Waals surface area (Å²) in [7, 11) is 1.38. The van der Waals surface area contributed by atoms with Crippen molar-refractivity contribution in [1.82, 2.24) is 5.32 Å². The highest BCUT2D eigenvalue weighted by atomic mass is 35.5. The van der Waals surface area contributed by atoms with Crippen LogP contribution in [0.15, 0.2) is 52.9 Å². The second-order valence-corrected chi connectivity index (χ2v) is 11.1. The molecule has 0 saturated carbocycles. The predicted octanol–water partition coefficient (Wildman–Crippen LogP) is 6.62. The van der Waals surface area contributed by atoms with Gasteiger partial charge in [-0.15, -0.1) is 0 Å². The molecule has 0 fully saturated rings. The smallest absolute Gasteiger partial charge is 0.336 e. The van der Waals surface area contributed by atoms with Gasteiger partial charge in [0.2, 0.25) is 0 Å². The molecule has 0 unspecified atom stereocenters. The van der Waals surface area contributed by atoms with E-state index >= 15 is 0 Å². The van der Waals surface area contributed by atoms with Crippen LogP contribution >= 0.6 is 11.6 Å². The summed E-state index contributed by atoms with van der Waals surface area (Å²) in [5, 5.41) is 4.04. The number of carbonyl (C=O) groups is 2. The topological polar surface area (TPSA) is 64.6 Å². The number of carbonyl (C=O) groups excluding carboxylic acids is 2. The Morgan fingerprint density at radius 2 is 1.75 bits per heavy atom. The second-order valence-electron chi connectivity index (χ2n) is 10.7. The molecule has 1 N–H and O–H groups in total. The molecule has 0 spiro atoms. The van der Waals surface area contributed by atoms with Crippen LogP contribution in [-0.4, -0.2) is 18.9 Å². The quantitative estimate of drug-likeness (QED) is 0.460. The van der Waals surface area contributed by atoms with Crippen LogP contribution in [0.25, 0.3) is 0 Å². The maximum absolute atomic E-state index is 13.6. The van der Waals surface area contributed by atoms with Gasteiger partial charge in [-0.3, -0.25) is 4.79 Å². The minimum Gasteiger partial charge on any atom is -0.489 e. The number of rotatable bonds is 5. The van der Waals surface area contributed by atoms with Crippen LogP contribution < -0.4 is 10.1 Å². The highest BCUT2D eigenvalue weighted by Gasteiger charge is 2.44. The third-order valence-corrected chi connectivity index (χ3v) is 7.57. The molecule has 0 bridgehead atoms. The third-order valence-electron chi connectivity index (χ3n) is 7.32. The van der Waals surface area contributed by atoms with Crippen LogP contribution in [0.1, 0.15) is 67.3 Å². The first kappa shape index (κ1) is 26.0. The van der Waals surface area contributed by atoms with Gasteiger partial charge in [-0.1, -0.05) is 31.5 Å². The molecule has 0 saturated heterocycles. The highest BCUT2D eigenvalue weighted by molar-refractivity contribution is 6.30. The van der Waals surface area contributed by atoms with Crippen molar-refractivity contribution in [3.8, 4) is 5.75 Å². The highest BCUT2D eigenvalue weighted by Crippen LogP contribution is 2.48. The van der Waals surface area contributed by atoms with Crippen molar-refractivity contribution in [3.63, 3.8) is 0 Å².